The van der Waals surface area contributed by atoms with E-state index in [1.54, 1.807) is 0 Å². The number of hydrogen-bond donors (Lipinski definition) is 1. The molecule has 0 aromatic carbocycles. The van der Waals surface area contributed by atoms with Crippen molar-refractivity contribution in [2.45, 2.75) is 64.3 Å². The van der Waals surface area contributed by atoms with E-state index in [0.29, 0.717) is 6.04 Å². The zero-order valence-corrected chi connectivity index (χ0v) is 12.6. The van der Waals surface area contributed by atoms with Gasteiger partial charge in [-0.2, -0.15) is 0 Å². The van der Waals surface area contributed by atoms with Gasteiger partial charge in [0.2, 0.25) is 0 Å². The van der Waals surface area contributed by atoms with Crippen LogP contribution in [0.25, 0.3) is 0 Å². The molecule has 0 amide bonds. The van der Waals surface area contributed by atoms with Gasteiger partial charge < -0.3 is 9.88 Å². The Labute approximate surface area is 117 Å². The van der Waals surface area contributed by atoms with Crippen molar-refractivity contribution in [1.82, 2.24) is 14.9 Å². The molecule has 1 aromatic rings. The van der Waals surface area contributed by atoms with Crippen molar-refractivity contribution < 1.29 is 0 Å². The van der Waals surface area contributed by atoms with Gasteiger partial charge in [-0.1, -0.05) is 39.0 Å². The van der Waals surface area contributed by atoms with Crippen LogP contribution in [-0.2, 0) is 7.05 Å². The summed E-state index contributed by atoms with van der Waals surface area (Å²) in [7, 11) is 2.12. The fourth-order valence-electron chi connectivity index (χ4n) is 3.27. The quantitative estimate of drug-likeness (QED) is 0.875. The molecule has 1 saturated carbocycles. The number of aromatic nitrogens is 2. The van der Waals surface area contributed by atoms with Crippen LogP contribution in [0.4, 0.5) is 0 Å². The topological polar surface area (TPSA) is 29.9 Å². The summed E-state index contributed by atoms with van der Waals surface area (Å²) in [5.74, 6) is 1.98. The van der Waals surface area contributed by atoms with Crippen LogP contribution in [0.1, 0.15) is 70.2 Å². The number of rotatable bonds is 5. The highest BCUT2D eigenvalue weighted by Crippen LogP contribution is 2.32. The highest BCUT2D eigenvalue weighted by molar-refractivity contribution is 5.01. The van der Waals surface area contributed by atoms with Gasteiger partial charge in [-0.25, -0.2) is 4.98 Å². The van der Waals surface area contributed by atoms with Crippen molar-refractivity contribution in [2.24, 2.45) is 13.0 Å². The van der Waals surface area contributed by atoms with Gasteiger partial charge in [-0.05, 0) is 31.7 Å². The van der Waals surface area contributed by atoms with Crippen molar-refractivity contribution in [1.29, 1.82) is 0 Å². The average Bonchev–Trinajstić information content (AvgIpc) is 2.78. The van der Waals surface area contributed by atoms with Crippen LogP contribution in [0.3, 0.4) is 0 Å². The molecule has 0 bridgehead atoms. The van der Waals surface area contributed by atoms with Crippen molar-refractivity contribution in [3.05, 3.63) is 18.2 Å². The molecule has 0 spiro atoms. The molecule has 1 heterocycles. The van der Waals surface area contributed by atoms with Crippen molar-refractivity contribution in [3.8, 4) is 0 Å². The van der Waals surface area contributed by atoms with Crippen LogP contribution in [-0.4, -0.2) is 16.1 Å². The second-order valence-electron chi connectivity index (χ2n) is 5.93. The van der Waals surface area contributed by atoms with E-state index in [-0.39, 0.29) is 0 Å². The lowest BCUT2D eigenvalue weighted by atomic mass is 9.85. The molecule has 1 aromatic heterocycles. The van der Waals surface area contributed by atoms with Crippen molar-refractivity contribution in [3.63, 3.8) is 0 Å². The fourth-order valence-corrected chi connectivity index (χ4v) is 3.27. The van der Waals surface area contributed by atoms with Gasteiger partial charge in [0, 0.05) is 19.4 Å². The number of nitrogens with one attached hydrogen (secondary N) is 1. The first kappa shape index (κ1) is 14.6. The largest absolute Gasteiger partial charge is 0.337 e. The Bertz CT molecular complexity index is 351. The van der Waals surface area contributed by atoms with Crippen LogP contribution in [0.15, 0.2) is 12.4 Å². The molecule has 1 N–H and O–H groups in total. The molecule has 3 heteroatoms. The molecular formula is C16H29N3. The summed E-state index contributed by atoms with van der Waals surface area (Å²) in [6.07, 6.45) is 14.9. The van der Waals surface area contributed by atoms with Crippen molar-refractivity contribution in [2.75, 3.05) is 6.54 Å². The molecule has 1 aliphatic rings. The predicted molar refractivity (Wildman–Crippen MR) is 80.1 cm³/mol. The minimum absolute atomic E-state index is 0.443. The van der Waals surface area contributed by atoms with Crippen LogP contribution < -0.4 is 5.32 Å². The van der Waals surface area contributed by atoms with Crippen LogP contribution in [0, 0.1) is 5.92 Å². The summed E-state index contributed by atoms with van der Waals surface area (Å²) < 4.78 is 2.19. The Morgan fingerprint density at radius 3 is 2.53 bits per heavy atom. The normalized spacial score (nSPS) is 19.9. The molecule has 1 atom stereocenters. The molecule has 1 aliphatic carbocycles. The van der Waals surface area contributed by atoms with Gasteiger partial charge in [-0.15, -0.1) is 0 Å². The summed E-state index contributed by atoms with van der Waals surface area (Å²) in [5.41, 5.74) is 0. The number of imidazole rings is 1. The molecule has 2 rings (SSSR count). The lowest BCUT2D eigenvalue weighted by Gasteiger charge is -2.29. The molecule has 3 nitrogen and oxygen atoms in total. The third kappa shape index (κ3) is 4.07. The predicted octanol–water partition coefficient (Wildman–Crippen LogP) is 3.82. The van der Waals surface area contributed by atoms with Gasteiger partial charge in [0.25, 0.3) is 0 Å². The highest BCUT2D eigenvalue weighted by atomic mass is 15.1. The number of nitrogens with zero attached hydrogens (tertiary/aromatic N) is 2. The minimum atomic E-state index is 0.443. The monoisotopic (exact) mass is 263 g/mol. The molecule has 0 saturated heterocycles. The summed E-state index contributed by atoms with van der Waals surface area (Å²) >= 11 is 0. The van der Waals surface area contributed by atoms with E-state index in [1.165, 1.54) is 57.2 Å². The maximum absolute atomic E-state index is 4.60. The lowest BCUT2D eigenvalue weighted by molar-refractivity contribution is 0.276. The van der Waals surface area contributed by atoms with Crippen molar-refractivity contribution >= 4 is 0 Å². The van der Waals surface area contributed by atoms with Crippen LogP contribution in [0.2, 0.25) is 0 Å². The number of aryl methyl sites for hydroxylation is 1. The third-order valence-corrected chi connectivity index (χ3v) is 4.37. The van der Waals surface area contributed by atoms with Gasteiger partial charge in [0.05, 0.1) is 6.04 Å². The maximum atomic E-state index is 4.60. The molecule has 1 fully saturated rings. The van der Waals surface area contributed by atoms with E-state index in [4.69, 9.17) is 0 Å². The minimum Gasteiger partial charge on any atom is -0.337 e. The van der Waals surface area contributed by atoms with Gasteiger partial charge in [0.15, 0.2) is 0 Å². The summed E-state index contributed by atoms with van der Waals surface area (Å²) in [6, 6.07) is 0.443. The zero-order valence-electron chi connectivity index (χ0n) is 12.6. The zero-order chi connectivity index (χ0) is 13.5. The Morgan fingerprint density at radius 1 is 1.26 bits per heavy atom. The fraction of sp³-hybridized carbons (Fsp3) is 0.812. The maximum Gasteiger partial charge on any atom is 0.125 e. The first-order chi connectivity index (χ1) is 9.33. The van der Waals surface area contributed by atoms with Gasteiger partial charge in [-0.3, -0.25) is 0 Å². The van der Waals surface area contributed by atoms with Crippen LogP contribution >= 0.6 is 0 Å². The van der Waals surface area contributed by atoms with E-state index in [9.17, 15) is 0 Å². The highest BCUT2D eigenvalue weighted by Gasteiger charge is 2.25. The summed E-state index contributed by atoms with van der Waals surface area (Å²) in [6.45, 7) is 3.33. The molecule has 108 valence electrons. The Balaban J connectivity index is 2.08. The molecule has 1 unspecified atom stereocenters. The van der Waals surface area contributed by atoms with E-state index in [2.05, 4.69) is 35.0 Å². The standard InChI is InChI=1S/C16H29N3/c1-3-11-17-15(16-18-12-13-19(16)2)14-9-7-5-4-6-8-10-14/h12-15,17H,3-11H2,1-2H3. The van der Waals surface area contributed by atoms with Gasteiger partial charge >= 0.3 is 0 Å². The smallest absolute Gasteiger partial charge is 0.125 e. The first-order valence-electron chi connectivity index (χ1n) is 8.03. The lowest BCUT2D eigenvalue weighted by Crippen LogP contribution is -2.31. The second kappa shape index (κ2) is 7.68. The SMILES string of the molecule is CCCNC(c1nccn1C)C1CCCCCCC1. The van der Waals surface area contributed by atoms with E-state index in [1.807, 2.05) is 6.20 Å². The Morgan fingerprint density at radius 2 is 1.95 bits per heavy atom. The summed E-state index contributed by atoms with van der Waals surface area (Å²) in [4.78, 5) is 4.60. The van der Waals surface area contributed by atoms with E-state index >= 15 is 0 Å². The second-order valence-corrected chi connectivity index (χ2v) is 5.93. The Kier molecular flexibility index (Phi) is 5.90. The van der Waals surface area contributed by atoms with E-state index < -0.39 is 0 Å². The third-order valence-electron chi connectivity index (χ3n) is 4.37. The molecule has 0 radical (unpaired) electrons. The summed E-state index contributed by atoms with van der Waals surface area (Å²) in [5, 5.41) is 3.75. The van der Waals surface area contributed by atoms with E-state index in [0.717, 1.165) is 12.5 Å². The van der Waals surface area contributed by atoms with Gasteiger partial charge in [0.1, 0.15) is 5.82 Å². The Hall–Kier alpha value is -0.830. The molecule has 19 heavy (non-hydrogen) atoms. The molecule has 0 aliphatic heterocycles. The first-order valence-corrected chi connectivity index (χ1v) is 8.03. The molecular weight excluding hydrogens is 234 g/mol. The average molecular weight is 263 g/mol. The number of hydrogen-bond acceptors (Lipinski definition) is 2. The van der Waals surface area contributed by atoms with Crippen LogP contribution in [0.5, 0.6) is 0 Å².